The Balaban J connectivity index is 2.23. The van der Waals surface area contributed by atoms with Crippen LogP contribution in [0.2, 0.25) is 0 Å². The number of hydrogen-bond donors (Lipinski definition) is 0. The first-order valence-electron chi connectivity index (χ1n) is 5.69. The summed E-state index contributed by atoms with van der Waals surface area (Å²) in [5, 5.41) is 0. The number of ether oxygens (including phenoxy) is 1. The molecule has 90 valence electrons. The summed E-state index contributed by atoms with van der Waals surface area (Å²) in [6.07, 6.45) is 4.60. The number of halogens is 2. The molecule has 0 aromatic heterocycles. The fourth-order valence-corrected chi connectivity index (χ4v) is 1.99. The van der Waals surface area contributed by atoms with E-state index in [2.05, 4.69) is 28.9 Å². The highest BCUT2D eigenvalue weighted by atomic mass is 79.9. The van der Waals surface area contributed by atoms with Gasteiger partial charge in [-0.25, -0.2) is 0 Å². The van der Waals surface area contributed by atoms with Gasteiger partial charge in [-0.15, -0.1) is 11.6 Å². The molecule has 16 heavy (non-hydrogen) atoms. The number of hydrogen-bond acceptors (Lipinski definition) is 1. The van der Waals surface area contributed by atoms with Crippen LogP contribution in [0.15, 0.2) is 22.7 Å². The zero-order valence-corrected chi connectivity index (χ0v) is 12.0. The van der Waals surface area contributed by atoms with Crippen molar-refractivity contribution in [2.45, 2.75) is 32.6 Å². The van der Waals surface area contributed by atoms with Gasteiger partial charge in [0.1, 0.15) is 5.75 Å². The van der Waals surface area contributed by atoms with Gasteiger partial charge in [-0.1, -0.05) is 34.8 Å². The predicted octanol–water partition coefficient (Wildman–Crippen LogP) is 4.94. The smallest absolute Gasteiger partial charge is 0.123 e. The Kier molecular flexibility index (Phi) is 6.90. The van der Waals surface area contributed by atoms with E-state index in [9.17, 15) is 0 Å². The standard InChI is InChI=1S/C13H18BrClO/c1-11-6-7-12(14)10-13(11)16-9-5-3-2-4-8-15/h6-7,10H,2-5,8-9H2,1H3. The van der Waals surface area contributed by atoms with E-state index in [0.29, 0.717) is 0 Å². The second-order valence-electron chi connectivity index (χ2n) is 3.86. The maximum Gasteiger partial charge on any atom is 0.123 e. The van der Waals surface area contributed by atoms with Crippen molar-refractivity contribution in [3.8, 4) is 5.75 Å². The van der Waals surface area contributed by atoms with Crippen molar-refractivity contribution in [1.29, 1.82) is 0 Å². The molecule has 0 atom stereocenters. The molecule has 1 aromatic carbocycles. The Morgan fingerprint density at radius 3 is 2.69 bits per heavy atom. The quantitative estimate of drug-likeness (QED) is 0.512. The molecule has 0 aliphatic rings. The van der Waals surface area contributed by atoms with Crippen LogP contribution in [0.4, 0.5) is 0 Å². The van der Waals surface area contributed by atoms with Crippen LogP contribution in [-0.2, 0) is 0 Å². The van der Waals surface area contributed by atoms with E-state index in [0.717, 1.165) is 35.6 Å². The molecule has 0 spiro atoms. The summed E-state index contributed by atoms with van der Waals surface area (Å²) in [7, 11) is 0. The molecule has 3 heteroatoms. The summed E-state index contributed by atoms with van der Waals surface area (Å²) < 4.78 is 6.80. The lowest BCUT2D eigenvalue weighted by molar-refractivity contribution is 0.303. The lowest BCUT2D eigenvalue weighted by Gasteiger charge is -2.09. The van der Waals surface area contributed by atoms with Crippen LogP contribution in [0.25, 0.3) is 0 Å². The molecular formula is C13H18BrClO. The molecule has 0 N–H and O–H groups in total. The number of unbranched alkanes of at least 4 members (excludes halogenated alkanes) is 3. The van der Waals surface area contributed by atoms with Gasteiger partial charge >= 0.3 is 0 Å². The molecule has 1 rings (SSSR count). The first-order chi connectivity index (χ1) is 7.74. The summed E-state index contributed by atoms with van der Waals surface area (Å²) in [4.78, 5) is 0. The van der Waals surface area contributed by atoms with Crippen molar-refractivity contribution in [2.24, 2.45) is 0 Å². The average Bonchev–Trinajstić information content (AvgIpc) is 2.28. The molecule has 0 radical (unpaired) electrons. The van der Waals surface area contributed by atoms with E-state index < -0.39 is 0 Å². The summed E-state index contributed by atoms with van der Waals surface area (Å²) in [5.41, 5.74) is 1.18. The van der Waals surface area contributed by atoms with Gasteiger partial charge in [0.15, 0.2) is 0 Å². The van der Waals surface area contributed by atoms with Gasteiger partial charge < -0.3 is 4.74 Å². The predicted molar refractivity (Wildman–Crippen MR) is 73.6 cm³/mol. The van der Waals surface area contributed by atoms with Crippen LogP contribution in [-0.4, -0.2) is 12.5 Å². The molecule has 1 nitrogen and oxygen atoms in total. The highest BCUT2D eigenvalue weighted by molar-refractivity contribution is 9.10. The van der Waals surface area contributed by atoms with Gasteiger partial charge in [0.05, 0.1) is 6.61 Å². The monoisotopic (exact) mass is 304 g/mol. The molecule has 0 aliphatic carbocycles. The van der Waals surface area contributed by atoms with E-state index in [4.69, 9.17) is 16.3 Å². The van der Waals surface area contributed by atoms with Crippen LogP contribution < -0.4 is 4.74 Å². The van der Waals surface area contributed by atoms with Crippen molar-refractivity contribution in [1.82, 2.24) is 0 Å². The lowest BCUT2D eigenvalue weighted by atomic mass is 10.2. The van der Waals surface area contributed by atoms with Crippen molar-refractivity contribution in [3.63, 3.8) is 0 Å². The normalized spacial score (nSPS) is 10.4. The van der Waals surface area contributed by atoms with E-state index in [-0.39, 0.29) is 0 Å². The largest absolute Gasteiger partial charge is 0.493 e. The van der Waals surface area contributed by atoms with Crippen molar-refractivity contribution in [2.75, 3.05) is 12.5 Å². The third-order valence-corrected chi connectivity index (χ3v) is 3.20. The van der Waals surface area contributed by atoms with Crippen LogP contribution >= 0.6 is 27.5 Å². The van der Waals surface area contributed by atoms with E-state index in [1.807, 2.05) is 12.1 Å². The maximum atomic E-state index is 5.73. The Bertz CT molecular complexity index is 315. The molecule has 0 unspecified atom stereocenters. The van der Waals surface area contributed by atoms with Crippen molar-refractivity contribution >= 4 is 27.5 Å². The Hall–Kier alpha value is -0.210. The average molecular weight is 306 g/mol. The zero-order valence-electron chi connectivity index (χ0n) is 9.64. The fourth-order valence-electron chi connectivity index (χ4n) is 1.46. The van der Waals surface area contributed by atoms with Crippen LogP contribution in [0, 0.1) is 6.92 Å². The molecule has 0 fully saturated rings. The van der Waals surface area contributed by atoms with E-state index in [1.54, 1.807) is 0 Å². The van der Waals surface area contributed by atoms with Gasteiger partial charge in [-0.3, -0.25) is 0 Å². The molecule has 0 saturated heterocycles. The van der Waals surface area contributed by atoms with Crippen LogP contribution in [0.5, 0.6) is 5.75 Å². The number of rotatable bonds is 7. The summed E-state index contributed by atoms with van der Waals surface area (Å²) in [6.45, 7) is 2.86. The van der Waals surface area contributed by atoms with Gasteiger partial charge in [0.25, 0.3) is 0 Å². The molecule has 0 saturated carbocycles. The Morgan fingerprint density at radius 2 is 1.94 bits per heavy atom. The maximum absolute atomic E-state index is 5.73. The highest BCUT2D eigenvalue weighted by Crippen LogP contribution is 2.23. The molecule has 1 aromatic rings. The first kappa shape index (κ1) is 13.9. The zero-order chi connectivity index (χ0) is 11.8. The number of aryl methyl sites for hydroxylation is 1. The number of alkyl halides is 1. The molecular weight excluding hydrogens is 287 g/mol. The minimum atomic E-state index is 0.769. The minimum absolute atomic E-state index is 0.769. The third-order valence-electron chi connectivity index (χ3n) is 2.44. The topological polar surface area (TPSA) is 9.23 Å². The minimum Gasteiger partial charge on any atom is -0.493 e. The second-order valence-corrected chi connectivity index (χ2v) is 5.16. The van der Waals surface area contributed by atoms with Gasteiger partial charge in [0.2, 0.25) is 0 Å². The highest BCUT2D eigenvalue weighted by Gasteiger charge is 1.99. The van der Waals surface area contributed by atoms with Crippen molar-refractivity contribution in [3.05, 3.63) is 28.2 Å². The molecule has 0 bridgehead atoms. The molecule has 0 heterocycles. The lowest BCUT2D eigenvalue weighted by Crippen LogP contribution is -1.98. The SMILES string of the molecule is Cc1ccc(Br)cc1OCCCCCCCl. The van der Waals surface area contributed by atoms with Crippen molar-refractivity contribution < 1.29 is 4.74 Å². The molecule has 0 aliphatic heterocycles. The molecule has 0 amide bonds. The summed E-state index contributed by atoms with van der Waals surface area (Å²) in [6, 6.07) is 6.11. The van der Waals surface area contributed by atoms with Crippen LogP contribution in [0.1, 0.15) is 31.2 Å². The first-order valence-corrected chi connectivity index (χ1v) is 7.01. The Morgan fingerprint density at radius 1 is 1.19 bits per heavy atom. The van der Waals surface area contributed by atoms with Gasteiger partial charge in [0, 0.05) is 10.4 Å². The number of benzene rings is 1. The van der Waals surface area contributed by atoms with E-state index in [1.165, 1.54) is 18.4 Å². The second kappa shape index (κ2) is 7.97. The summed E-state index contributed by atoms with van der Waals surface area (Å²) >= 11 is 9.06. The van der Waals surface area contributed by atoms with Gasteiger partial charge in [-0.2, -0.15) is 0 Å². The fraction of sp³-hybridized carbons (Fsp3) is 0.538. The van der Waals surface area contributed by atoms with E-state index >= 15 is 0 Å². The van der Waals surface area contributed by atoms with Crippen LogP contribution in [0.3, 0.4) is 0 Å². The summed E-state index contributed by atoms with van der Waals surface area (Å²) in [5.74, 6) is 1.75. The Labute approximate surface area is 111 Å². The third kappa shape index (κ3) is 5.22. The van der Waals surface area contributed by atoms with Gasteiger partial charge in [-0.05, 0) is 37.5 Å².